The van der Waals surface area contributed by atoms with Crippen molar-refractivity contribution in [2.24, 2.45) is 11.3 Å². The third kappa shape index (κ3) is 10.3. The Bertz CT molecular complexity index is 1090. The molecule has 0 radical (unpaired) electrons. The van der Waals surface area contributed by atoms with Crippen molar-refractivity contribution in [3.8, 4) is 0 Å². The highest BCUT2D eigenvalue weighted by molar-refractivity contribution is 7.70. The Balaban J connectivity index is 0.000000473. The summed E-state index contributed by atoms with van der Waals surface area (Å²) >= 11 is 0. The van der Waals surface area contributed by atoms with Crippen LogP contribution in [-0.4, -0.2) is 108 Å². The van der Waals surface area contributed by atoms with Crippen LogP contribution in [0.1, 0.15) is 54.0 Å². The fourth-order valence-corrected chi connectivity index (χ4v) is 7.66. The van der Waals surface area contributed by atoms with Crippen molar-refractivity contribution in [2.75, 3.05) is 51.8 Å². The molecule has 234 valence electrons. The number of nitrogens with one attached hydrogen (secondary N) is 1. The SMILES string of the molecule is CCN(CC)CC.CCN(CC)CC.O=c1ccn([C@H]2[C@H](O)[C@H](O)[C@]3(COP(=O)(O)CP(=O)(O)O)C[C@H]23)c(=O)[nH]1. The Morgan fingerprint density at radius 3 is 1.80 bits per heavy atom. The zero-order chi connectivity index (χ0) is 30.9. The van der Waals surface area contributed by atoms with Gasteiger partial charge in [0.15, 0.2) is 5.90 Å². The lowest BCUT2D eigenvalue weighted by Crippen LogP contribution is -2.40. The van der Waals surface area contributed by atoms with E-state index in [2.05, 4.69) is 51.3 Å². The largest absolute Gasteiger partial charge is 0.390 e. The number of hydrogen-bond acceptors (Lipinski definition) is 9. The Morgan fingerprint density at radius 2 is 1.43 bits per heavy atom. The van der Waals surface area contributed by atoms with Crippen LogP contribution in [0.25, 0.3) is 0 Å². The number of aromatic amines is 1. The first-order valence-corrected chi connectivity index (χ1v) is 17.2. The van der Waals surface area contributed by atoms with Crippen LogP contribution in [0, 0.1) is 11.3 Å². The molecule has 0 aromatic carbocycles. The van der Waals surface area contributed by atoms with Gasteiger partial charge in [-0.15, -0.1) is 0 Å². The zero-order valence-electron chi connectivity index (χ0n) is 24.3. The molecule has 1 aromatic rings. The van der Waals surface area contributed by atoms with Gasteiger partial charge in [-0.25, -0.2) is 4.79 Å². The van der Waals surface area contributed by atoms with Crippen molar-refractivity contribution in [3.05, 3.63) is 33.1 Å². The van der Waals surface area contributed by atoms with Crippen LogP contribution in [0.5, 0.6) is 0 Å². The van der Waals surface area contributed by atoms with Gasteiger partial charge in [0, 0.05) is 17.7 Å². The van der Waals surface area contributed by atoms with E-state index >= 15 is 0 Å². The van der Waals surface area contributed by atoms with E-state index in [9.17, 15) is 33.8 Å². The van der Waals surface area contributed by atoms with Crippen molar-refractivity contribution >= 4 is 15.2 Å². The first-order valence-electron chi connectivity index (χ1n) is 13.7. The van der Waals surface area contributed by atoms with Crippen molar-refractivity contribution in [3.63, 3.8) is 0 Å². The number of H-pyrrole nitrogens is 1. The maximum absolute atomic E-state index is 11.9. The van der Waals surface area contributed by atoms with Crippen molar-refractivity contribution in [2.45, 2.75) is 66.2 Å². The number of hydrogen-bond donors (Lipinski definition) is 6. The molecule has 1 unspecified atom stereocenters. The summed E-state index contributed by atoms with van der Waals surface area (Å²) in [6.45, 7) is 19.7. The average Bonchev–Trinajstić information content (AvgIpc) is 3.56. The van der Waals surface area contributed by atoms with Crippen LogP contribution in [0.2, 0.25) is 0 Å². The number of rotatable bonds is 12. The molecule has 14 nitrogen and oxygen atoms in total. The van der Waals surface area contributed by atoms with Crippen LogP contribution in [0.3, 0.4) is 0 Å². The highest BCUT2D eigenvalue weighted by Gasteiger charge is 2.72. The van der Waals surface area contributed by atoms with E-state index in [-0.39, 0.29) is 6.42 Å². The van der Waals surface area contributed by atoms with Gasteiger partial charge in [0.05, 0.1) is 18.8 Å². The third-order valence-corrected chi connectivity index (χ3v) is 11.0. The molecule has 0 bridgehead atoms. The summed E-state index contributed by atoms with van der Waals surface area (Å²) < 4.78 is 28.5. The Labute approximate surface area is 235 Å². The zero-order valence-corrected chi connectivity index (χ0v) is 26.1. The summed E-state index contributed by atoms with van der Waals surface area (Å²) in [5.41, 5.74) is -2.51. The van der Waals surface area contributed by atoms with Gasteiger partial charge in [-0.2, -0.15) is 0 Å². The number of fused-ring (bicyclic) bond motifs is 1. The molecule has 2 fully saturated rings. The van der Waals surface area contributed by atoms with E-state index < -0.39 is 68.5 Å². The molecule has 1 aromatic heterocycles. The first kappa shape index (κ1) is 36.8. The lowest BCUT2D eigenvalue weighted by atomic mass is 10.0. The topological polar surface area (TPSA) is 206 Å². The molecule has 6 atom stereocenters. The summed E-state index contributed by atoms with van der Waals surface area (Å²) in [4.78, 5) is 57.0. The summed E-state index contributed by atoms with van der Waals surface area (Å²) in [5, 5.41) is 20.6. The second-order valence-corrected chi connectivity index (χ2v) is 13.9. The minimum Gasteiger partial charge on any atom is -0.390 e. The van der Waals surface area contributed by atoms with E-state index in [1.165, 1.54) is 45.5 Å². The summed E-state index contributed by atoms with van der Waals surface area (Å²) in [7, 11) is -9.39. The lowest BCUT2D eigenvalue weighted by Gasteiger charge is -2.24. The summed E-state index contributed by atoms with van der Waals surface area (Å²) in [6, 6.07) is 0.208. The molecule has 6 N–H and O–H groups in total. The van der Waals surface area contributed by atoms with Gasteiger partial charge in [-0.05, 0) is 51.6 Å². The highest BCUT2D eigenvalue weighted by Crippen LogP contribution is 2.69. The molecule has 3 rings (SSSR count). The van der Waals surface area contributed by atoms with Crippen LogP contribution in [-0.2, 0) is 13.7 Å². The van der Waals surface area contributed by atoms with E-state index in [1.807, 2.05) is 4.98 Å². The summed E-state index contributed by atoms with van der Waals surface area (Å²) in [5.74, 6) is -1.84. The van der Waals surface area contributed by atoms with Gasteiger partial charge in [-0.1, -0.05) is 41.5 Å². The van der Waals surface area contributed by atoms with Crippen LogP contribution < -0.4 is 11.2 Å². The van der Waals surface area contributed by atoms with Crippen molar-refractivity contribution in [1.29, 1.82) is 0 Å². The van der Waals surface area contributed by atoms with E-state index in [0.717, 1.165) is 10.6 Å². The average molecular weight is 615 g/mol. The van der Waals surface area contributed by atoms with Crippen molar-refractivity contribution < 1.29 is 38.5 Å². The molecule has 0 saturated heterocycles. The Kier molecular flexibility index (Phi) is 14.6. The lowest BCUT2D eigenvalue weighted by molar-refractivity contribution is -0.0290. The van der Waals surface area contributed by atoms with Gasteiger partial charge < -0.3 is 39.2 Å². The third-order valence-electron chi connectivity index (χ3n) is 7.61. The second-order valence-electron chi connectivity index (χ2n) is 9.94. The monoisotopic (exact) mass is 614 g/mol. The van der Waals surface area contributed by atoms with E-state index in [1.54, 1.807) is 0 Å². The Hall–Kier alpha value is -1.18. The second kappa shape index (κ2) is 15.9. The van der Waals surface area contributed by atoms with Crippen LogP contribution >= 0.6 is 15.2 Å². The molecule has 16 heteroatoms. The van der Waals surface area contributed by atoms with E-state index in [4.69, 9.17) is 14.3 Å². The number of aromatic nitrogens is 2. The van der Waals surface area contributed by atoms with Crippen LogP contribution in [0.4, 0.5) is 0 Å². The fourth-order valence-electron chi connectivity index (χ4n) is 5.02. The maximum Gasteiger partial charge on any atom is 0.340 e. The molecule has 1 heterocycles. The fraction of sp³-hybridized carbons (Fsp3) is 0.833. The highest BCUT2D eigenvalue weighted by atomic mass is 31.2. The standard InChI is InChI=1S/C12H18N2O10P2.2C6H15N/c15-7-1-2-14(11(18)13-7)8-6-3-12(6,10(17)9(8)16)4-24-26(22,23)5-25(19,20)21;2*1-4-7(5-2)6-3/h1-2,6,8-10,16-17H,3-5H2,(H,22,23)(H,13,15,18)(H2,19,20,21);2*4-6H2,1-3H3/t6-,8-,9+,10+,12+;;/m1../s1. The molecule has 0 amide bonds. The molecule has 40 heavy (non-hydrogen) atoms. The summed E-state index contributed by atoms with van der Waals surface area (Å²) in [6.07, 6.45) is -1.33. The van der Waals surface area contributed by atoms with Gasteiger partial charge in [0.25, 0.3) is 5.56 Å². The minimum absolute atomic E-state index is 0.261. The first-order chi connectivity index (χ1) is 18.6. The van der Waals surface area contributed by atoms with Gasteiger partial charge in [-0.3, -0.25) is 23.5 Å². The molecule has 0 spiro atoms. The predicted octanol–water partition coefficient (Wildman–Crippen LogP) is 0.853. The molecule has 2 aliphatic carbocycles. The quantitative estimate of drug-likeness (QED) is 0.181. The number of aliphatic hydroxyl groups excluding tert-OH is 2. The van der Waals surface area contributed by atoms with Gasteiger partial charge in [0.2, 0.25) is 0 Å². The molecule has 0 aliphatic heterocycles. The number of nitrogens with zero attached hydrogens (tertiary/aromatic N) is 3. The van der Waals surface area contributed by atoms with Crippen LogP contribution in [0.15, 0.2) is 21.9 Å². The van der Waals surface area contributed by atoms with Gasteiger partial charge >= 0.3 is 20.9 Å². The van der Waals surface area contributed by atoms with E-state index in [0.29, 0.717) is 0 Å². The molecular weight excluding hydrogens is 566 g/mol. The smallest absolute Gasteiger partial charge is 0.340 e. The minimum atomic E-state index is -4.78. The molecular formula is C24H48N4O10P2. The normalized spacial score (nSPS) is 26.8. The molecule has 2 aliphatic rings. The Morgan fingerprint density at radius 1 is 0.950 bits per heavy atom. The van der Waals surface area contributed by atoms with Gasteiger partial charge in [0.1, 0.15) is 6.10 Å². The number of aliphatic hydroxyl groups is 2. The molecule has 2 saturated carbocycles. The predicted molar refractivity (Wildman–Crippen MR) is 153 cm³/mol. The maximum atomic E-state index is 11.9. The van der Waals surface area contributed by atoms with Crippen molar-refractivity contribution in [1.82, 2.24) is 19.4 Å².